The molecule has 11 heavy (non-hydrogen) atoms. The molecule has 0 radical (unpaired) electrons. The minimum atomic E-state index is 0.746. The third kappa shape index (κ3) is 4.20. The highest BCUT2D eigenvalue weighted by molar-refractivity contribution is 4.90. The number of allylic oxidation sites excluding steroid dienone is 1. The Morgan fingerprint density at radius 2 is 2.27 bits per heavy atom. The van der Waals surface area contributed by atoms with Gasteiger partial charge in [0.2, 0.25) is 0 Å². The van der Waals surface area contributed by atoms with Crippen LogP contribution in [-0.4, -0.2) is 12.6 Å². The molecule has 0 spiro atoms. The first-order valence-electron chi connectivity index (χ1n) is 4.73. The van der Waals surface area contributed by atoms with Crippen molar-refractivity contribution in [3.63, 3.8) is 0 Å². The van der Waals surface area contributed by atoms with Crippen molar-refractivity contribution in [1.82, 2.24) is 5.32 Å². The third-order valence-electron chi connectivity index (χ3n) is 2.21. The Balaban J connectivity index is 1.95. The van der Waals surface area contributed by atoms with E-state index in [0.29, 0.717) is 0 Å². The lowest BCUT2D eigenvalue weighted by Gasteiger charge is -2.00. The van der Waals surface area contributed by atoms with Gasteiger partial charge in [0.15, 0.2) is 0 Å². The maximum Gasteiger partial charge on any atom is 0.0137 e. The maximum absolute atomic E-state index is 3.45. The molecule has 1 aliphatic carbocycles. The molecule has 1 rings (SSSR count). The van der Waals surface area contributed by atoms with Gasteiger partial charge in [0, 0.05) is 12.6 Å². The third-order valence-corrected chi connectivity index (χ3v) is 2.21. The van der Waals surface area contributed by atoms with E-state index < -0.39 is 0 Å². The van der Waals surface area contributed by atoms with Crippen LogP contribution in [0.3, 0.4) is 0 Å². The van der Waals surface area contributed by atoms with E-state index in [1.54, 1.807) is 0 Å². The van der Waals surface area contributed by atoms with Crippen LogP contribution in [0.5, 0.6) is 0 Å². The SMILES string of the molecule is CCC(C)/C=C/CNC1CC1. The molecule has 1 unspecified atom stereocenters. The lowest BCUT2D eigenvalue weighted by Crippen LogP contribution is -2.15. The number of rotatable bonds is 5. The van der Waals surface area contributed by atoms with Crippen molar-refractivity contribution in [2.45, 2.75) is 39.2 Å². The van der Waals surface area contributed by atoms with Crippen molar-refractivity contribution in [2.24, 2.45) is 5.92 Å². The summed E-state index contributed by atoms with van der Waals surface area (Å²) in [4.78, 5) is 0. The molecular weight excluding hydrogens is 134 g/mol. The van der Waals surface area contributed by atoms with Crippen molar-refractivity contribution in [3.05, 3.63) is 12.2 Å². The normalized spacial score (nSPS) is 20.9. The molecule has 1 nitrogen and oxygen atoms in total. The van der Waals surface area contributed by atoms with Crippen LogP contribution in [0.15, 0.2) is 12.2 Å². The van der Waals surface area contributed by atoms with Crippen LogP contribution in [0.1, 0.15) is 33.1 Å². The van der Waals surface area contributed by atoms with E-state index in [9.17, 15) is 0 Å². The van der Waals surface area contributed by atoms with Crippen LogP contribution in [-0.2, 0) is 0 Å². The first-order valence-corrected chi connectivity index (χ1v) is 4.73. The van der Waals surface area contributed by atoms with Crippen molar-refractivity contribution < 1.29 is 0 Å². The van der Waals surface area contributed by atoms with Crippen molar-refractivity contribution >= 4 is 0 Å². The first kappa shape index (κ1) is 8.79. The monoisotopic (exact) mass is 153 g/mol. The molecule has 64 valence electrons. The van der Waals surface area contributed by atoms with Crippen LogP contribution in [0.4, 0.5) is 0 Å². The van der Waals surface area contributed by atoms with Gasteiger partial charge in [0.05, 0.1) is 0 Å². The molecule has 0 aromatic heterocycles. The molecule has 0 heterocycles. The maximum atomic E-state index is 3.45. The number of hydrogen-bond acceptors (Lipinski definition) is 1. The smallest absolute Gasteiger partial charge is 0.0137 e. The van der Waals surface area contributed by atoms with Gasteiger partial charge in [-0.1, -0.05) is 32.4 Å². The summed E-state index contributed by atoms with van der Waals surface area (Å²) >= 11 is 0. The minimum absolute atomic E-state index is 0.746. The highest BCUT2D eigenvalue weighted by Gasteiger charge is 2.18. The predicted molar refractivity (Wildman–Crippen MR) is 49.6 cm³/mol. The Hall–Kier alpha value is -0.300. The van der Waals surface area contributed by atoms with E-state index in [1.165, 1.54) is 19.3 Å². The van der Waals surface area contributed by atoms with Crippen LogP contribution >= 0.6 is 0 Å². The summed E-state index contributed by atoms with van der Waals surface area (Å²) in [6, 6.07) is 0.844. The zero-order chi connectivity index (χ0) is 8.10. The molecule has 1 heteroatoms. The van der Waals surface area contributed by atoms with E-state index in [1.807, 2.05) is 0 Å². The van der Waals surface area contributed by atoms with Crippen LogP contribution in [0, 0.1) is 5.92 Å². The van der Waals surface area contributed by atoms with Crippen LogP contribution < -0.4 is 5.32 Å². The van der Waals surface area contributed by atoms with Gasteiger partial charge >= 0.3 is 0 Å². The summed E-state index contributed by atoms with van der Waals surface area (Å²) in [6.07, 6.45) is 8.58. The Morgan fingerprint density at radius 3 is 2.82 bits per heavy atom. The van der Waals surface area contributed by atoms with E-state index >= 15 is 0 Å². The Labute approximate surface area is 69.9 Å². The molecule has 1 aliphatic rings. The molecule has 1 N–H and O–H groups in total. The van der Waals surface area contributed by atoms with E-state index in [4.69, 9.17) is 0 Å². The highest BCUT2D eigenvalue weighted by atomic mass is 14.9. The molecule has 0 amide bonds. The molecule has 1 saturated carbocycles. The zero-order valence-corrected chi connectivity index (χ0v) is 7.64. The summed E-state index contributed by atoms with van der Waals surface area (Å²) < 4.78 is 0. The lowest BCUT2D eigenvalue weighted by molar-refractivity contribution is 0.688. The second-order valence-electron chi connectivity index (χ2n) is 3.50. The Bertz CT molecular complexity index is 125. The topological polar surface area (TPSA) is 12.0 Å². The van der Waals surface area contributed by atoms with Crippen molar-refractivity contribution in [1.29, 1.82) is 0 Å². The predicted octanol–water partition coefficient (Wildman–Crippen LogP) is 2.34. The standard InChI is InChI=1S/C10H19N/c1-3-9(2)5-4-8-11-10-6-7-10/h4-5,9-11H,3,6-8H2,1-2H3/b5-4+. The Kier molecular flexibility index (Phi) is 3.64. The van der Waals surface area contributed by atoms with Gasteiger partial charge in [0.25, 0.3) is 0 Å². The summed E-state index contributed by atoms with van der Waals surface area (Å²) in [5.41, 5.74) is 0. The quantitative estimate of drug-likeness (QED) is 0.598. The molecule has 0 aliphatic heterocycles. The summed E-state index contributed by atoms with van der Waals surface area (Å²) in [7, 11) is 0. The summed E-state index contributed by atoms with van der Waals surface area (Å²) in [5.74, 6) is 0.746. The zero-order valence-electron chi connectivity index (χ0n) is 7.64. The van der Waals surface area contributed by atoms with Crippen LogP contribution in [0.25, 0.3) is 0 Å². The molecule has 0 aromatic rings. The van der Waals surface area contributed by atoms with E-state index in [-0.39, 0.29) is 0 Å². The molecule has 1 fully saturated rings. The van der Waals surface area contributed by atoms with E-state index in [0.717, 1.165) is 18.5 Å². The van der Waals surface area contributed by atoms with Gasteiger partial charge in [0.1, 0.15) is 0 Å². The average Bonchev–Trinajstić information content (AvgIpc) is 2.81. The van der Waals surface area contributed by atoms with Gasteiger partial charge in [-0.05, 0) is 18.8 Å². The lowest BCUT2D eigenvalue weighted by atomic mass is 10.1. The van der Waals surface area contributed by atoms with Crippen molar-refractivity contribution in [3.8, 4) is 0 Å². The number of nitrogens with one attached hydrogen (secondary N) is 1. The molecule has 0 aromatic carbocycles. The van der Waals surface area contributed by atoms with Gasteiger partial charge in [-0.25, -0.2) is 0 Å². The van der Waals surface area contributed by atoms with E-state index in [2.05, 4.69) is 31.3 Å². The van der Waals surface area contributed by atoms with Gasteiger partial charge in [-0.2, -0.15) is 0 Å². The molecule has 0 saturated heterocycles. The number of hydrogen-bond donors (Lipinski definition) is 1. The second-order valence-corrected chi connectivity index (χ2v) is 3.50. The van der Waals surface area contributed by atoms with Gasteiger partial charge in [-0.15, -0.1) is 0 Å². The van der Waals surface area contributed by atoms with Gasteiger partial charge < -0.3 is 5.32 Å². The highest BCUT2D eigenvalue weighted by Crippen LogP contribution is 2.18. The summed E-state index contributed by atoms with van der Waals surface area (Å²) in [5, 5.41) is 3.45. The fraction of sp³-hybridized carbons (Fsp3) is 0.800. The fourth-order valence-electron chi connectivity index (χ4n) is 0.959. The minimum Gasteiger partial charge on any atom is -0.311 e. The molecule has 0 bridgehead atoms. The molecule has 1 atom stereocenters. The largest absolute Gasteiger partial charge is 0.311 e. The van der Waals surface area contributed by atoms with Crippen LogP contribution in [0.2, 0.25) is 0 Å². The first-order chi connectivity index (χ1) is 5.33. The van der Waals surface area contributed by atoms with Crippen molar-refractivity contribution in [2.75, 3.05) is 6.54 Å². The fourth-order valence-corrected chi connectivity index (χ4v) is 0.959. The van der Waals surface area contributed by atoms with Gasteiger partial charge in [-0.3, -0.25) is 0 Å². The second kappa shape index (κ2) is 4.55. The molecular formula is C10H19N. The Morgan fingerprint density at radius 1 is 1.55 bits per heavy atom. The average molecular weight is 153 g/mol. The summed E-state index contributed by atoms with van der Waals surface area (Å²) in [6.45, 7) is 5.55.